The molecule has 1 atom stereocenters. The molecule has 5 rings (SSSR count). The van der Waals surface area contributed by atoms with E-state index >= 15 is 0 Å². The number of nitrogens with zero attached hydrogens (tertiary/aromatic N) is 6. The van der Waals surface area contributed by atoms with Crippen molar-refractivity contribution in [2.24, 2.45) is 10.9 Å². The van der Waals surface area contributed by atoms with E-state index in [0.29, 0.717) is 55.2 Å². The molecule has 2 fully saturated rings. The first kappa shape index (κ1) is 26.2. The maximum Gasteiger partial charge on any atom is 0.280 e. The number of nitrogens with one attached hydrogen (secondary N) is 2. The van der Waals surface area contributed by atoms with Crippen molar-refractivity contribution >= 4 is 57.9 Å². The van der Waals surface area contributed by atoms with Crippen LogP contribution < -0.4 is 22.1 Å². The third-order valence-corrected chi connectivity index (χ3v) is 8.18. The SMILES string of the molecule is Nc1nc(N)c(C(=O)NC2=NCC3(CCN(C(=O)C4CC(=O)N(CCCn5cccc5)C4)CC3)N2)nc1I. The normalized spacial score (nSPS) is 20.5. The summed E-state index contributed by atoms with van der Waals surface area (Å²) >= 11 is 1.89. The van der Waals surface area contributed by atoms with Gasteiger partial charge in [0, 0.05) is 51.5 Å². The molecule has 3 amide bonds. The number of amides is 3. The van der Waals surface area contributed by atoms with E-state index in [-0.39, 0.29) is 47.0 Å². The molecule has 3 aliphatic rings. The average Bonchev–Trinajstić information content (AvgIpc) is 3.63. The zero-order chi connectivity index (χ0) is 26.9. The van der Waals surface area contributed by atoms with Gasteiger partial charge in [-0.1, -0.05) is 0 Å². The van der Waals surface area contributed by atoms with Gasteiger partial charge in [0.15, 0.2) is 23.3 Å². The minimum atomic E-state index is -0.521. The van der Waals surface area contributed by atoms with Gasteiger partial charge >= 0.3 is 0 Å². The van der Waals surface area contributed by atoms with E-state index in [1.165, 1.54) is 0 Å². The number of nitrogen functional groups attached to an aromatic ring is 2. The van der Waals surface area contributed by atoms with Gasteiger partial charge in [-0.2, -0.15) is 0 Å². The van der Waals surface area contributed by atoms with E-state index in [1.54, 1.807) is 0 Å². The van der Waals surface area contributed by atoms with Crippen LogP contribution in [0.1, 0.15) is 36.2 Å². The summed E-state index contributed by atoms with van der Waals surface area (Å²) in [5, 5.41) is 6.05. The average molecular weight is 634 g/mol. The van der Waals surface area contributed by atoms with Crippen LogP contribution >= 0.6 is 22.6 Å². The highest BCUT2D eigenvalue weighted by atomic mass is 127. The van der Waals surface area contributed by atoms with E-state index < -0.39 is 5.91 Å². The Morgan fingerprint density at radius 3 is 2.61 bits per heavy atom. The van der Waals surface area contributed by atoms with E-state index in [4.69, 9.17) is 11.5 Å². The number of carbonyl (C=O) groups is 3. The molecule has 2 aromatic rings. The Labute approximate surface area is 233 Å². The maximum atomic E-state index is 13.2. The smallest absolute Gasteiger partial charge is 0.280 e. The lowest BCUT2D eigenvalue weighted by Crippen LogP contribution is -2.57. The Hall–Kier alpha value is -3.43. The summed E-state index contributed by atoms with van der Waals surface area (Å²) in [5.74, 6) is -0.256. The van der Waals surface area contributed by atoms with Gasteiger partial charge < -0.3 is 31.2 Å². The number of hydrogen-bond acceptors (Lipinski definition) is 9. The Bertz CT molecular complexity index is 1260. The minimum absolute atomic E-state index is 0.0145. The second kappa shape index (κ2) is 10.7. The first-order valence-electron chi connectivity index (χ1n) is 12.6. The number of aliphatic imine (C=N–C) groups is 1. The van der Waals surface area contributed by atoms with Crippen molar-refractivity contribution in [1.29, 1.82) is 0 Å². The fourth-order valence-electron chi connectivity index (χ4n) is 5.22. The molecular weight excluding hydrogens is 603 g/mol. The van der Waals surface area contributed by atoms with Crippen molar-refractivity contribution in [2.75, 3.05) is 44.2 Å². The molecule has 0 radical (unpaired) electrons. The first-order chi connectivity index (χ1) is 18.2. The molecule has 0 bridgehead atoms. The number of halogens is 1. The van der Waals surface area contributed by atoms with E-state index in [0.717, 1.165) is 13.0 Å². The van der Waals surface area contributed by atoms with Gasteiger partial charge in [-0.3, -0.25) is 24.7 Å². The Morgan fingerprint density at radius 1 is 1.13 bits per heavy atom. The largest absolute Gasteiger partial charge is 0.382 e. The molecular formula is C24H31IN10O3. The van der Waals surface area contributed by atoms with Crippen molar-refractivity contribution in [3.05, 3.63) is 33.9 Å². The van der Waals surface area contributed by atoms with Crippen molar-refractivity contribution in [3.8, 4) is 0 Å². The molecule has 1 spiro atoms. The number of guanidine groups is 1. The summed E-state index contributed by atoms with van der Waals surface area (Å²) in [6.45, 7) is 3.61. The summed E-state index contributed by atoms with van der Waals surface area (Å²) < 4.78 is 2.48. The number of aryl methyl sites for hydroxylation is 1. The van der Waals surface area contributed by atoms with Crippen LogP contribution in [-0.2, 0) is 16.1 Å². The standard InChI is InChI=1S/C24H31IN10O3/c25-18-20(27)30-19(26)17(29-18)21(37)31-23-28-14-24(32-23)4-10-34(11-5-24)22(38)15-12-16(36)35(13-15)9-3-8-33-6-1-2-7-33/h1-2,6-7,15H,3-5,8-14H2,(H4,26,27,30)(H2,28,31,32,37). The van der Waals surface area contributed by atoms with Crippen LogP contribution in [0.2, 0.25) is 0 Å². The van der Waals surface area contributed by atoms with Gasteiger partial charge in [0.25, 0.3) is 5.91 Å². The molecule has 14 heteroatoms. The minimum Gasteiger partial charge on any atom is -0.382 e. The highest BCUT2D eigenvalue weighted by Gasteiger charge is 2.43. The highest BCUT2D eigenvalue weighted by Crippen LogP contribution is 2.28. The highest BCUT2D eigenvalue weighted by molar-refractivity contribution is 14.1. The lowest BCUT2D eigenvalue weighted by Gasteiger charge is -2.40. The number of aromatic nitrogens is 3. The van der Waals surface area contributed by atoms with Crippen molar-refractivity contribution in [1.82, 2.24) is 35.0 Å². The third-order valence-electron chi connectivity index (χ3n) is 7.38. The van der Waals surface area contributed by atoms with E-state index in [1.807, 2.05) is 56.9 Å². The number of nitrogens with two attached hydrogens (primary N) is 2. The Kier molecular flexibility index (Phi) is 7.40. The fraction of sp³-hybridized carbons (Fsp3) is 0.500. The monoisotopic (exact) mass is 634 g/mol. The molecule has 202 valence electrons. The maximum absolute atomic E-state index is 13.2. The molecule has 0 aliphatic carbocycles. The molecule has 3 aliphatic heterocycles. The summed E-state index contributed by atoms with van der Waals surface area (Å²) in [7, 11) is 0. The molecule has 1 unspecified atom stereocenters. The molecule has 2 saturated heterocycles. The van der Waals surface area contributed by atoms with Crippen LogP contribution in [0.15, 0.2) is 29.5 Å². The third kappa shape index (κ3) is 5.54. The van der Waals surface area contributed by atoms with E-state index in [9.17, 15) is 14.4 Å². The quantitative estimate of drug-likeness (QED) is 0.322. The topological polar surface area (TPSA) is 177 Å². The molecule has 13 nitrogen and oxygen atoms in total. The van der Waals surface area contributed by atoms with Gasteiger partial charge in [-0.05, 0) is 54.0 Å². The Balaban J connectivity index is 1.08. The molecule has 0 aromatic carbocycles. The molecule has 5 heterocycles. The summed E-state index contributed by atoms with van der Waals surface area (Å²) in [5.41, 5.74) is 11.2. The lowest BCUT2D eigenvalue weighted by atomic mass is 9.87. The Morgan fingerprint density at radius 2 is 1.87 bits per heavy atom. The zero-order valence-corrected chi connectivity index (χ0v) is 23.1. The second-order valence-corrected chi connectivity index (χ2v) is 11.0. The van der Waals surface area contributed by atoms with Crippen molar-refractivity contribution in [3.63, 3.8) is 0 Å². The van der Waals surface area contributed by atoms with Crippen LogP contribution in [0.5, 0.6) is 0 Å². The molecule has 38 heavy (non-hydrogen) atoms. The van der Waals surface area contributed by atoms with Crippen LogP contribution in [0.3, 0.4) is 0 Å². The molecule has 0 saturated carbocycles. The van der Waals surface area contributed by atoms with Gasteiger partial charge in [-0.15, -0.1) is 0 Å². The van der Waals surface area contributed by atoms with Gasteiger partial charge in [0.05, 0.1) is 18.0 Å². The first-order valence-corrected chi connectivity index (χ1v) is 13.7. The fourth-order valence-corrected chi connectivity index (χ4v) is 5.58. The number of rotatable bonds is 6. The summed E-state index contributed by atoms with van der Waals surface area (Å²) in [6, 6.07) is 3.96. The number of anilines is 2. The van der Waals surface area contributed by atoms with E-state index in [2.05, 4.69) is 30.2 Å². The summed E-state index contributed by atoms with van der Waals surface area (Å²) in [4.78, 5) is 54.6. The van der Waals surface area contributed by atoms with Gasteiger partial charge in [0.2, 0.25) is 11.8 Å². The number of likely N-dealkylation sites (tertiary alicyclic amines) is 2. The van der Waals surface area contributed by atoms with Crippen molar-refractivity contribution < 1.29 is 14.4 Å². The predicted molar refractivity (Wildman–Crippen MR) is 149 cm³/mol. The van der Waals surface area contributed by atoms with Crippen molar-refractivity contribution in [2.45, 2.75) is 37.8 Å². The van der Waals surface area contributed by atoms with Gasteiger partial charge in [-0.25, -0.2) is 9.97 Å². The number of piperidine rings is 1. The van der Waals surface area contributed by atoms with Gasteiger partial charge in [0.1, 0.15) is 3.70 Å². The summed E-state index contributed by atoms with van der Waals surface area (Å²) in [6.07, 6.45) is 6.52. The molecule has 2 aromatic heterocycles. The zero-order valence-electron chi connectivity index (χ0n) is 20.9. The lowest BCUT2D eigenvalue weighted by molar-refractivity contribution is -0.137. The van der Waals surface area contributed by atoms with Crippen LogP contribution in [0.25, 0.3) is 0 Å². The number of carbonyl (C=O) groups excluding carboxylic acids is 3. The van der Waals surface area contributed by atoms with Crippen LogP contribution in [0.4, 0.5) is 11.6 Å². The number of hydrogen-bond donors (Lipinski definition) is 4. The van der Waals surface area contributed by atoms with Crippen LogP contribution in [-0.4, -0.2) is 86.3 Å². The van der Waals surface area contributed by atoms with Crippen LogP contribution in [0, 0.1) is 9.62 Å². The predicted octanol–water partition coefficient (Wildman–Crippen LogP) is 0.0361. The molecule has 6 N–H and O–H groups in total. The second-order valence-electron chi connectivity index (χ2n) is 10.00.